The van der Waals surface area contributed by atoms with E-state index in [2.05, 4.69) is 48.3 Å². The summed E-state index contributed by atoms with van der Waals surface area (Å²) in [5.74, 6) is -0.200. The summed E-state index contributed by atoms with van der Waals surface area (Å²) in [6.45, 7) is 2.23. The lowest BCUT2D eigenvalue weighted by Gasteiger charge is -2.06. The Hall–Kier alpha value is -2.48. The Labute approximate surface area is 155 Å². The van der Waals surface area contributed by atoms with Crippen LogP contribution < -0.4 is 0 Å². The quantitative estimate of drug-likeness (QED) is 0.429. The molecule has 0 aliphatic carbocycles. The molecule has 2 heteroatoms. The summed E-state index contributed by atoms with van der Waals surface area (Å²) < 4.78 is 13.0. The molecule has 0 atom stereocenters. The molecule has 0 aliphatic rings. The van der Waals surface area contributed by atoms with Crippen LogP contribution in [0.15, 0.2) is 66.9 Å². The van der Waals surface area contributed by atoms with Crippen molar-refractivity contribution in [3.8, 4) is 11.1 Å². The van der Waals surface area contributed by atoms with Gasteiger partial charge in [-0.15, -0.1) is 0 Å². The first kappa shape index (κ1) is 18.3. The van der Waals surface area contributed by atoms with Gasteiger partial charge in [0.1, 0.15) is 5.82 Å². The van der Waals surface area contributed by atoms with Gasteiger partial charge < -0.3 is 0 Å². The first-order valence-electron chi connectivity index (χ1n) is 9.53. The normalized spacial score (nSPS) is 10.8. The molecule has 134 valence electrons. The molecule has 0 N–H and O–H groups in total. The van der Waals surface area contributed by atoms with E-state index in [1.54, 1.807) is 0 Å². The van der Waals surface area contributed by atoms with Crippen LogP contribution in [0.3, 0.4) is 0 Å². The van der Waals surface area contributed by atoms with Crippen LogP contribution in [0.5, 0.6) is 0 Å². The Bertz CT molecular complexity index is 789. The zero-order valence-electron chi connectivity index (χ0n) is 15.4. The number of benzene rings is 2. The van der Waals surface area contributed by atoms with Gasteiger partial charge in [-0.05, 0) is 66.1 Å². The third-order valence-corrected chi connectivity index (χ3v) is 4.76. The van der Waals surface area contributed by atoms with Crippen molar-refractivity contribution in [1.29, 1.82) is 0 Å². The maximum Gasteiger partial charge on any atom is 0.123 e. The summed E-state index contributed by atoms with van der Waals surface area (Å²) in [5, 5.41) is 0. The van der Waals surface area contributed by atoms with Crippen molar-refractivity contribution in [3.63, 3.8) is 0 Å². The van der Waals surface area contributed by atoms with Crippen LogP contribution in [-0.2, 0) is 19.3 Å². The van der Waals surface area contributed by atoms with Gasteiger partial charge in [0.2, 0.25) is 0 Å². The third kappa shape index (κ3) is 5.26. The highest BCUT2D eigenvalue weighted by molar-refractivity contribution is 5.63. The number of unbranched alkanes of at least 4 members (excludes halogenated alkanes) is 2. The van der Waals surface area contributed by atoms with Gasteiger partial charge in [-0.25, -0.2) is 4.39 Å². The topological polar surface area (TPSA) is 12.9 Å². The van der Waals surface area contributed by atoms with E-state index in [0.29, 0.717) is 0 Å². The molecule has 0 saturated carbocycles. The van der Waals surface area contributed by atoms with Crippen molar-refractivity contribution < 1.29 is 4.39 Å². The van der Waals surface area contributed by atoms with E-state index in [-0.39, 0.29) is 5.82 Å². The summed E-state index contributed by atoms with van der Waals surface area (Å²) in [5.41, 5.74) is 5.93. The van der Waals surface area contributed by atoms with Crippen LogP contribution in [-0.4, -0.2) is 4.98 Å². The minimum absolute atomic E-state index is 0.200. The monoisotopic (exact) mass is 347 g/mol. The molecule has 3 aromatic rings. The van der Waals surface area contributed by atoms with Gasteiger partial charge in [-0.3, -0.25) is 4.98 Å². The number of rotatable bonds is 8. The van der Waals surface area contributed by atoms with Crippen LogP contribution in [0.25, 0.3) is 11.1 Å². The molecule has 0 saturated heterocycles. The molecule has 0 amide bonds. The van der Waals surface area contributed by atoms with Crippen molar-refractivity contribution in [2.75, 3.05) is 0 Å². The molecule has 1 heterocycles. The summed E-state index contributed by atoms with van der Waals surface area (Å²) in [7, 11) is 0. The first-order valence-corrected chi connectivity index (χ1v) is 9.53. The van der Waals surface area contributed by atoms with Gasteiger partial charge in [0.25, 0.3) is 0 Å². The standard InChI is InChI=1S/C24H26FN/c1-2-3-4-5-20-9-17-24(26-18-20)16-8-19-6-10-21(11-7-19)22-12-14-23(25)15-13-22/h6-7,9-15,17-18H,2-5,8,16H2,1H3. The second-order valence-electron chi connectivity index (χ2n) is 6.82. The maximum atomic E-state index is 13.0. The Balaban J connectivity index is 1.54. The largest absolute Gasteiger partial charge is 0.261 e. The molecule has 1 aromatic heterocycles. The Kier molecular flexibility index (Phi) is 6.54. The average Bonchev–Trinajstić information content (AvgIpc) is 2.69. The molecule has 0 radical (unpaired) electrons. The fraction of sp³-hybridized carbons (Fsp3) is 0.292. The molecular formula is C24H26FN. The SMILES string of the molecule is CCCCCc1ccc(CCc2ccc(-c3ccc(F)cc3)cc2)nc1. The van der Waals surface area contributed by atoms with Crippen LogP contribution >= 0.6 is 0 Å². The van der Waals surface area contributed by atoms with E-state index in [4.69, 9.17) is 0 Å². The van der Waals surface area contributed by atoms with Gasteiger partial charge in [0, 0.05) is 11.9 Å². The molecule has 0 fully saturated rings. The lowest BCUT2D eigenvalue weighted by atomic mass is 10.0. The number of pyridine rings is 1. The fourth-order valence-electron chi connectivity index (χ4n) is 3.11. The molecule has 26 heavy (non-hydrogen) atoms. The van der Waals surface area contributed by atoms with Gasteiger partial charge >= 0.3 is 0 Å². The minimum Gasteiger partial charge on any atom is -0.261 e. The first-order chi connectivity index (χ1) is 12.7. The molecule has 1 nitrogen and oxygen atoms in total. The Morgan fingerprint density at radius 3 is 1.96 bits per heavy atom. The number of nitrogens with zero attached hydrogens (tertiary/aromatic N) is 1. The molecule has 0 spiro atoms. The van der Waals surface area contributed by atoms with E-state index in [9.17, 15) is 4.39 Å². The van der Waals surface area contributed by atoms with E-state index in [1.807, 2.05) is 18.3 Å². The zero-order chi connectivity index (χ0) is 18.2. The van der Waals surface area contributed by atoms with Crippen molar-refractivity contribution in [2.24, 2.45) is 0 Å². The molecule has 0 unspecified atom stereocenters. The number of hydrogen-bond donors (Lipinski definition) is 0. The Morgan fingerprint density at radius 2 is 1.35 bits per heavy atom. The summed E-state index contributed by atoms with van der Waals surface area (Å²) >= 11 is 0. The van der Waals surface area contributed by atoms with E-state index in [0.717, 1.165) is 36.1 Å². The van der Waals surface area contributed by atoms with Crippen LogP contribution in [0.1, 0.15) is 43.0 Å². The second-order valence-corrected chi connectivity index (χ2v) is 6.82. The minimum atomic E-state index is -0.200. The van der Waals surface area contributed by atoms with Gasteiger partial charge in [0.05, 0.1) is 0 Å². The highest BCUT2D eigenvalue weighted by Crippen LogP contribution is 2.20. The highest BCUT2D eigenvalue weighted by Gasteiger charge is 2.01. The number of halogens is 1. The average molecular weight is 347 g/mol. The van der Waals surface area contributed by atoms with Crippen molar-refractivity contribution in [1.82, 2.24) is 4.98 Å². The van der Waals surface area contributed by atoms with Crippen LogP contribution in [0.2, 0.25) is 0 Å². The maximum absolute atomic E-state index is 13.0. The zero-order valence-corrected chi connectivity index (χ0v) is 15.4. The molecule has 0 bridgehead atoms. The third-order valence-electron chi connectivity index (χ3n) is 4.76. The van der Waals surface area contributed by atoms with Gasteiger partial charge in [-0.2, -0.15) is 0 Å². The highest BCUT2D eigenvalue weighted by atomic mass is 19.1. The molecular weight excluding hydrogens is 321 g/mol. The lowest BCUT2D eigenvalue weighted by Crippen LogP contribution is -1.96. The van der Waals surface area contributed by atoms with Crippen molar-refractivity contribution >= 4 is 0 Å². The Morgan fingerprint density at radius 1 is 0.692 bits per heavy atom. The number of hydrogen-bond acceptors (Lipinski definition) is 1. The summed E-state index contributed by atoms with van der Waals surface area (Å²) in [6, 6.07) is 19.5. The van der Waals surface area contributed by atoms with Crippen molar-refractivity contribution in [2.45, 2.75) is 45.4 Å². The smallest absolute Gasteiger partial charge is 0.123 e. The number of aromatic nitrogens is 1. The predicted octanol–water partition coefficient (Wildman–Crippen LogP) is 6.41. The van der Waals surface area contributed by atoms with E-state index in [1.165, 1.54) is 42.5 Å². The predicted molar refractivity (Wildman–Crippen MR) is 107 cm³/mol. The van der Waals surface area contributed by atoms with E-state index < -0.39 is 0 Å². The van der Waals surface area contributed by atoms with Crippen molar-refractivity contribution in [3.05, 3.63) is 89.5 Å². The molecule has 0 aliphatic heterocycles. The lowest BCUT2D eigenvalue weighted by molar-refractivity contribution is 0.628. The fourth-order valence-corrected chi connectivity index (χ4v) is 3.11. The van der Waals surface area contributed by atoms with Gasteiger partial charge in [0.15, 0.2) is 0 Å². The van der Waals surface area contributed by atoms with Gasteiger partial charge in [-0.1, -0.05) is 62.2 Å². The van der Waals surface area contributed by atoms with Crippen LogP contribution in [0, 0.1) is 5.82 Å². The summed E-state index contributed by atoms with van der Waals surface area (Å²) in [4.78, 5) is 4.61. The number of aryl methyl sites for hydroxylation is 3. The second kappa shape index (κ2) is 9.28. The van der Waals surface area contributed by atoms with E-state index >= 15 is 0 Å². The molecule has 3 rings (SSSR count). The van der Waals surface area contributed by atoms with Crippen LogP contribution in [0.4, 0.5) is 4.39 Å². The molecule has 2 aromatic carbocycles. The summed E-state index contributed by atoms with van der Waals surface area (Å²) in [6.07, 6.45) is 8.88.